The Balaban J connectivity index is 2.44. The third kappa shape index (κ3) is 2.04. The highest BCUT2D eigenvalue weighted by Crippen LogP contribution is 2.29. The van der Waals surface area contributed by atoms with Gasteiger partial charge in [0.2, 0.25) is 0 Å². The molecule has 1 aromatic rings. The zero-order chi connectivity index (χ0) is 12.4. The molecular formula is C10H10N2O5. The number of ether oxygens (including phenoxy) is 2. The largest absolute Gasteiger partial charge is 0.441 e. The number of methoxy groups -OCH3 is 1. The molecule has 1 aliphatic heterocycles. The fourth-order valence-electron chi connectivity index (χ4n) is 1.62. The van der Waals surface area contributed by atoms with E-state index in [0.29, 0.717) is 5.69 Å². The van der Waals surface area contributed by atoms with Crippen LogP contribution in [-0.2, 0) is 9.47 Å². The van der Waals surface area contributed by atoms with Crippen molar-refractivity contribution in [3.8, 4) is 0 Å². The highest BCUT2D eigenvalue weighted by atomic mass is 16.6. The maximum Gasteiger partial charge on any atom is 0.342 e. The monoisotopic (exact) mass is 238 g/mol. The molecule has 0 fully saturated rings. The van der Waals surface area contributed by atoms with Gasteiger partial charge in [0.15, 0.2) is 6.73 Å². The summed E-state index contributed by atoms with van der Waals surface area (Å²) in [6.45, 7) is 0.329. The van der Waals surface area contributed by atoms with Crippen molar-refractivity contribution in [2.75, 3.05) is 25.5 Å². The maximum absolute atomic E-state index is 11.5. The van der Waals surface area contributed by atoms with Crippen molar-refractivity contribution in [2.24, 2.45) is 0 Å². The van der Waals surface area contributed by atoms with Gasteiger partial charge in [-0.15, -0.1) is 0 Å². The predicted molar refractivity (Wildman–Crippen MR) is 57.7 cm³/mol. The number of fused-ring (bicyclic) bond motifs is 1. The second kappa shape index (κ2) is 4.38. The predicted octanol–water partition coefficient (Wildman–Crippen LogP) is 1.13. The molecule has 1 aromatic carbocycles. The van der Waals surface area contributed by atoms with Crippen LogP contribution in [0.2, 0.25) is 0 Å². The van der Waals surface area contributed by atoms with Crippen molar-refractivity contribution in [3.63, 3.8) is 0 Å². The minimum Gasteiger partial charge on any atom is -0.441 e. The van der Waals surface area contributed by atoms with E-state index in [0.717, 1.165) is 0 Å². The van der Waals surface area contributed by atoms with Crippen molar-refractivity contribution < 1.29 is 19.2 Å². The Bertz CT molecular complexity index is 474. The van der Waals surface area contributed by atoms with E-state index in [-0.39, 0.29) is 24.7 Å². The van der Waals surface area contributed by atoms with Gasteiger partial charge in [0, 0.05) is 19.2 Å². The molecule has 0 saturated carbocycles. The molecule has 0 spiro atoms. The topological polar surface area (TPSA) is 81.9 Å². The summed E-state index contributed by atoms with van der Waals surface area (Å²) >= 11 is 0. The smallest absolute Gasteiger partial charge is 0.342 e. The van der Waals surface area contributed by atoms with Gasteiger partial charge in [-0.2, -0.15) is 0 Å². The lowest BCUT2D eigenvalue weighted by atomic mass is 10.1. The van der Waals surface area contributed by atoms with E-state index in [9.17, 15) is 14.9 Å². The minimum atomic E-state index is -0.559. The number of hydrogen-bond donors (Lipinski definition) is 0. The van der Waals surface area contributed by atoms with Crippen molar-refractivity contribution in [1.29, 1.82) is 0 Å². The number of esters is 1. The first-order chi connectivity index (χ1) is 8.13. The fraction of sp³-hybridized carbons (Fsp3) is 0.300. The lowest BCUT2D eigenvalue weighted by Crippen LogP contribution is -2.35. The summed E-state index contributed by atoms with van der Waals surface area (Å²) in [5, 5.41) is 10.6. The number of hydrogen-bond acceptors (Lipinski definition) is 6. The molecule has 2 rings (SSSR count). The molecule has 0 N–H and O–H groups in total. The number of cyclic esters (lactones) is 1. The van der Waals surface area contributed by atoms with Crippen molar-refractivity contribution >= 4 is 17.3 Å². The van der Waals surface area contributed by atoms with E-state index in [1.165, 1.54) is 25.3 Å². The summed E-state index contributed by atoms with van der Waals surface area (Å²) in [4.78, 5) is 23.2. The van der Waals surface area contributed by atoms with Gasteiger partial charge in [0.25, 0.3) is 5.69 Å². The highest BCUT2D eigenvalue weighted by Gasteiger charge is 2.26. The SMILES string of the molecule is COCN1COC(=O)c2cc([N+](=O)[O-])ccc21. The molecule has 0 bridgehead atoms. The molecule has 7 heteroatoms. The van der Waals surface area contributed by atoms with Gasteiger partial charge in [0.05, 0.1) is 16.2 Å². The summed E-state index contributed by atoms with van der Waals surface area (Å²) in [6, 6.07) is 4.08. The van der Waals surface area contributed by atoms with E-state index in [2.05, 4.69) is 0 Å². The number of nitro benzene ring substituents is 1. The third-order valence-corrected chi connectivity index (χ3v) is 2.39. The Kier molecular flexibility index (Phi) is 2.92. The maximum atomic E-state index is 11.5. The number of carbonyl (C=O) groups is 1. The van der Waals surface area contributed by atoms with Crippen LogP contribution in [0, 0.1) is 10.1 Å². The van der Waals surface area contributed by atoms with Crippen molar-refractivity contribution in [3.05, 3.63) is 33.9 Å². The number of nitro groups is 1. The molecule has 1 aliphatic rings. The number of rotatable bonds is 3. The Morgan fingerprint density at radius 1 is 1.59 bits per heavy atom. The van der Waals surface area contributed by atoms with Crippen LogP contribution in [0.25, 0.3) is 0 Å². The first kappa shape index (κ1) is 11.3. The van der Waals surface area contributed by atoms with Crippen LogP contribution < -0.4 is 4.90 Å². The third-order valence-electron chi connectivity index (χ3n) is 2.39. The number of carbonyl (C=O) groups excluding carboxylic acids is 1. The molecule has 90 valence electrons. The van der Waals surface area contributed by atoms with Gasteiger partial charge >= 0.3 is 5.97 Å². The van der Waals surface area contributed by atoms with Crippen LogP contribution in [0.4, 0.5) is 11.4 Å². The molecule has 0 aromatic heterocycles. The Morgan fingerprint density at radius 3 is 3.00 bits per heavy atom. The van der Waals surface area contributed by atoms with Gasteiger partial charge in [0.1, 0.15) is 6.73 Å². The Morgan fingerprint density at radius 2 is 2.35 bits per heavy atom. The van der Waals surface area contributed by atoms with Crippen LogP contribution in [0.15, 0.2) is 18.2 Å². The molecule has 0 amide bonds. The molecule has 0 unspecified atom stereocenters. The van der Waals surface area contributed by atoms with Gasteiger partial charge in [-0.1, -0.05) is 0 Å². The number of anilines is 1. The summed E-state index contributed by atoms with van der Waals surface area (Å²) in [5.74, 6) is -0.559. The molecule has 1 heterocycles. The molecule has 0 atom stereocenters. The molecule has 0 radical (unpaired) electrons. The van der Waals surface area contributed by atoms with Gasteiger partial charge in [-0.05, 0) is 6.07 Å². The van der Waals surface area contributed by atoms with Crippen LogP contribution in [0.5, 0.6) is 0 Å². The van der Waals surface area contributed by atoms with Crippen LogP contribution >= 0.6 is 0 Å². The quantitative estimate of drug-likeness (QED) is 0.446. The second-order valence-corrected chi connectivity index (χ2v) is 3.48. The Labute approximate surface area is 96.7 Å². The molecule has 7 nitrogen and oxygen atoms in total. The zero-order valence-electron chi connectivity index (χ0n) is 9.08. The lowest BCUT2D eigenvalue weighted by molar-refractivity contribution is -0.384. The van der Waals surface area contributed by atoms with E-state index < -0.39 is 10.9 Å². The summed E-state index contributed by atoms with van der Waals surface area (Å²) in [6.07, 6.45) is 0. The number of benzene rings is 1. The van der Waals surface area contributed by atoms with Crippen LogP contribution in [0.3, 0.4) is 0 Å². The molecule has 0 saturated heterocycles. The minimum absolute atomic E-state index is 0.0808. The lowest BCUT2D eigenvalue weighted by Gasteiger charge is -2.29. The van der Waals surface area contributed by atoms with Crippen molar-refractivity contribution in [2.45, 2.75) is 0 Å². The second-order valence-electron chi connectivity index (χ2n) is 3.48. The molecule has 0 aliphatic carbocycles. The molecular weight excluding hydrogens is 228 g/mol. The van der Waals surface area contributed by atoms with E-state index >= 15 is 0 Å². The highest BCUT2D eigenvalue weighted by molar-refractivity contribution is 5.98. The first-order valence-electron chi connectivity index (χ1n) is 4.83. The fourth-order valence-corrected chi connectivity index (χ4v) is 1.62. The standard InChI is InChI=1S/C10H10N2O5/c1-16-5-11-6-17-10(13)8-4-7(12(14)15)2-3-9(8)11/h2-4H,5-6H2,1H3. The van der Waals surface area contributed by atoms with Crippen LogP contribution in [-0.4, -0.2) is 31.5 Å². The molecule has 17 heavy (non-hydrogen) atoms. The first-order valence-corrected chi connectivity index (χ1v) is 4.83. The van der Waals surface area contributed by atoms with Gasteiger partial charge in [-0.3, -0.25) is 10.1 Å². The normalized spacial score (nSPS) is 14.2. The van der Waals surface area contributed by atoms with E-state index in [1.807, 2.05) is 0 Å². The average Bonchev–Trinajstić information content (AvgIpc) is 2.32. The van der Waals surface area contributed by atoms with Crippen LogP contribution in [0.1, 0.15) is 10.4 Å². The van der Waals surface area contributed by atoms with Gasteiger partial charge in [-0.25, -0.2) is 4.79 Å². The average molecular weight is 238 g/mol. The Hall–Kier alpha value is -2.15. The number of non-ortho nitro benzene ring substituents is 1. The summed E-state index contributed by atoms with van der Waals surface area (Å²) in [7, 11) is 1.52. The van der Waals surface area contributed by atoms with Crippen molar-refractivity contribution in [1.82, 2.24) is 0 Å². The van der Waals surface area contributed by atoms with Gasteiger partial charge < -0.3 is 14.4 Å². The van der Waals surface area contributed by atoms with E-state index in [1.54, 1.807) is 4.90 Å². The zero-order valence-corrected chi connectivity index (χ0v) is 9.08. The summed E-state index contributed by atoms with van der Waals surface area (Å²) < 4.78 is 9.84. The summed E-state index contributed by atoms with van der Waals surface area (Å²) in [5.41, 5.74) is 0.621. The number of nitrogens with zero attached hydrogens (tertiary/aromatic N) is 2. The van der Waals surface area contributed by atoms with E-state index in [4.69, 9.17) is 9.47 Å².